The summed E-state index contributed by atoms with van der Waals surface area (Å²) in [7, 11) is 1.66. The summed E-state index contributed by atoms with van der Waals surface area (Å²) in [6.07, 6.45) is 11.4. The molecule has 0 aliphatic rings. The molecule has 0 saturated carbocycles. The Morgan fingerprint density at radius 2 is 1.30 bits per heavy atom. The zero-order chi connectivity index (χ0) is 19.2. The zero-order valence-electron chi connectivity index (χ0n) is 16.4. The van der Waals surface area contributed by atoms with E-state index in [-0.39, 0.29) is 0 Å². The van der Waals surface area contributed by atoms with Crippen molar-refractivity contribution in [1.29, 1.82) is 0 Å². The standard InChI is InChI=1S/C26H28O/c1-3-4-5-6-9-12-23-15-17-24(18-16-23)13-10-7-8-11-14-25-19-21-26(27-2)22-20-25/h7-8,15-22H,3-6,9,12H2,1-2H3/b8-7+. The third-order valence-electron chi connectivity index (χ3n) is 4.30. The normalized spacial score (nSPS) is 10.0. The Balaban J connectivity index is 1.78. The second-order valence-corrected chi connectivity index (χ2v) is 6.46. The molecule has 1 nitrogen and oxygen atoms in total. The van der Waals surface area contributed by atoms with Crippen LogP contribution < -0.4 is 4.74 Å². The van der Waals surface area contributed by atoms with E-state index in [9.17, 15) is 0 Å². The molecule has 138 valence electrons. The molecule has 0 N–H and O–H groups in total. The van der Waals surface area contributed by atoms with Crippen molar-refractivity contribution in [2.45, 2.75) is 45.4 Å². The largest absolute Gasteiger partial charge is 0.497 e. The average molecular weight is 357 g/mol. The third-order valence-corrected chi connectivity index (χ3v) is 4.30. The minimum Gasteiger partial charge on any atom is -0.497 e. The van der Waals surface area contributed by atoms with Crippen LogP contribution in [-0.4, -0.2) is 7.11 Å². The van der Waals surface area contributed by atoms with E-state index >= 15 is 0 Å². The first-order valence-corrected chi connectivity index (χ1v) is 9.73. The molecule has 0 amide bonds. The Kier molecular flexibility index (Phi) is 9.41. The van der Waals surface area contributed by atoms with Crippen molar-refractivity contribution in [1.82, 2.24) is 0 Å². The van der Waals surface area contributed by atoms with Gasteiger partial charge < -0.3 is 4.74 Å². The first kappa shape index (κ1) is 20.4. The summed E-state index contributed by atoms with van der Waals surface area (Å²) >= 11 is 0. The van der Waals surface area contributed by atoms with Gasteiger partial charge in [0, 0.05) is 11.1 Å². The van der Waals surface area contributed by atoms with Crippen LogP contribution >= 0.6 is 0 Å². The van der Waals surface area contributed by atoms with Gasteiger partial charge in [-0.1, -0.05) is 68.4 Å². The number of hydrogen-bond donors (Lipinski definition) is 0. The number of benzene rings is 2. The molecule has 0 aliphatic carbocycles. The molecule has 0 aliphatic heterocycles. The van der Waals surface area contributed by atoms with Crippen LogP contribution in [0.2, 0.25) is 0 Å². The van der Waals surface area contributed by atoms with Crippen LogP contribution in [0, 0.1) is 23.7 Å². The average Bonchev–Trinajstić information content (AvgIpc) is 2.72. The van der Waals surface area contributed by atoms with Crippen molar-refractivity contribution < 1.29 is 4.74 Å². The minimum atomic E-state index is 0.837. The van der Waals surface area contributed by atoms with Crippen LogP contribution in [0.25, 0.3) is 0 Å². The number of unbranched alkanes of at least 4 members (excludes halogenated alkanes) is 4. The molecule has 2 aromatic carbocycles. The number of ether oxygens (including phenoxy) is 1. The van der Waals surface area contributed by atoms with E-state index < -0.39 is 0 Å². The van der Waals surface area contributed by atoms with Crippen LogP contribution in [-0.2, 0) is 6.42 Å². The number of allylic oxidation sites excluding steroid dienone is 2. The fraction of sp³-hybridized carbons (Fsp3) is 0.308. The maximum atomic E-state index is 5.13. The molecule has 0 spiro atoms. The SMILES string of the molecule is CCCCCCCc1ccc(C#C/C=C/C#Cc2ccc(OC)cc2)cc1. The Morgan fingerprint density at radius 3 is 1.85 bits per heavy atom. The van der Waals surface area contributed by atoms with Gasteiger partial charge in [-0.25, -0.2) is 0 Å². The van der Waals surface area contributed by atoms with E-state index in [0.29, 0.717) is 0 Å². The smallest absolute Gasteiger partial charge is 0.118 e. The highest BCUT2D eigenvalue weighted by Gasteiger charge is 1.94. The van der Waals surface area contributed by atoms with E-state index in [0.717, 1.165) is 23.3 Å². The van der Waals surface area contributed by atoms with E-state index in [1.807, 2.05) is 24.3 Å². The second-order valence-electron chi connectivity index (χ2n) is 6.46. The number of hydrogen-bond acceptors (Lipinski definition) is 1. The van der Waals surface area contributed by atoms with Gasteiger partial charge in [0.25, 0.3) is 0 Å². The molecule has 0 fully saturated rings. The van der Waals surface area contributed by atoms with Gasteiger partial charge in [0.05, 0.1) is 7.11 Å². The number of methoxy groups -OCH3 is 1. The molecule has 1 heteroatoms. The summed E-state index contributed by atoms with van der Waals surface area (Å²) in [5.74, 6) is 13.1. The van der Waals surface area contributed by atoms with Crippen LogP contribution in [0.5, 0.6) is 5.75 Å². The van der Waals surface area contributed by atoms with E-state index in [1.165, 1.54) is 37.7 Å². The molecule has 0 saturated heterocycles. The first-order valence-electron chi connectivity index (χ1n) is 9.73. The number of aryl methyl sites for hydroxylation is 1. The monoisotopic (exact) mass is 356 g/mol. The Morgan fingerprint density at radius 1 is 0.741 bits per heavy atom. The topological polar surface area (TPSA) is 9.23 Å². The van der Waals surface area contributed by atoms with Crippen LogP contribution in [0.15, 0.2) is 60.7 Å². The van der Waals surface area contributed by atoms with Crippen molar-refractivity contribution in [3.05, 3.63) is 77.4 Å². The van der Waals surface area contributed by atoms with Crippen LogP contribution in [0.1, 0.15) is 55.7 Å². The Hall–Kier alpha value is -2.90. The molecule has 0 heterocycles. The molecule has 0 unspecified atom stereocenters. The number of rotatable bonds is 7. The van der Waals surface area contributed by atoms with Gasteiger partial charge in [0.15, 0.2) is 0 Å². The van der Waals surface area contributed by atoms with Crippen LogP contribution in [0.3, 0.4) is 0 Å². The van der Waals surface area contributed by atoms with E-state index in [4.69, 9.17) is 4.74 Å². The lowest BCUT2D eigenvalue weighted by Gasteiger charge is -2.01. The lowest BCUT2D eigenvalue weighted by molar-refractivity contribution is 0.415. The minimum absolute atomic E-state index is 0.837. The zero-order valence-corrected chi connectivity index (χ0v) is 16.4. The van der Waals surface area contributed by atoms with Crippen molar-refractivity contribution in [3.63, 3.8) is 0 Å². The fourth-order valence-corrected chi connectivity index (χ4v) is 2.70. The predicted octanol–water partition coefficient (Wildman–Crippen LogP) is 6.17. The van der Waals surface area contributed by atoms with Crippen molar-refractivity contribution in [3.8, 4) is 29.4 Å². The molecular weight excluding hydrogens is 328 g/mol. The van der Waals surface area contributed by atoms with Crippen molar-refractivity contribution >= 4 is 0 Å². The maximum Gasteiger partial charge on any atom is 0.118 e. The van der Waals surface area contributed by atoms with Gasteiger partial charge in [0.2, 0.25) is 0 Å². The summed E-state index contributed by atoms with van der Waals surface area (Å²) < 4.78 is 5.13. The molecule has 0 aromatic heterocycles. The lowest BCUT2D eigenvalue weighted by atomic mass is 10.0. The van der Waals surface area contributed by atoms with E-state index in [2.05, 4.69) is 54.9 Å². The van der Waals surface area contributed by atoms with Crippen molar-refractivity contribution in [2.75, 3.05) is 7.11 Å². The molecular formula is C26H28O. The molecule has 0 radical (unpaired) electrons. The van der Waals surface area contributed by atoms with Gasteiger partial charge >= 0.3 is 0 Å². The fourth-order valence-electron chi connectivity index (χ4n) is 2.70. The van der Waals surface area contributed by atoms with Crippen LogP contribution in [0.4, 0.5) is 0 Å². The highest BCUT2D eigenvalue weighted by atomic mass is 16.5. The summed E-state index contributed by atoms with van der Waals surface area (Å²) in [6, 6.07) is 16.3. The molecule has 0 atom stereocenters. The summed E-state index contributed by atoms with van der Waals surface area (Å²) in [5.41, 5.74) is 3.40. The Labute approximate surface area is 164 Å². The highest BCUT2D eigenvalue weighted by molar-refractivity contribution is 5.42. The highest BCUT2D eigenvalue weighted by Crippen LogP contribution is 2.11. The molecule has 2 aromatic rings. The van der Waals surface area contributed by atoms with Gasteiger partial charge in [-0.15, -0.1) is 0 Å². The maximum absolute atomic E-state index is 5.13. The first-order chi connectivity index (χ1) is 13.3. The summed E-state index contributed by atoms with van der Waals surface area (Å²) in [5, 5.41) is 0. The summed E-state index contributed by atoms with van der Waals surface area (Å²) in [4.78, 5) is 0. The van der Waals surface area contributed by atoms with Gasteiger partial charge in [0.1, 0.15) is 5.75 Å². The molecule has 2 rings (SSSR count). The second kappa shape index (κ2) is 12.5. The summed E-state index contributed by atoms with van der Waals surface area (Å²) in [6.45, 7) is 2.25. The van der Waals surface area contributed by atoms with Crippen molar-refractivity contribution in [2.24, 2.45) is 0 Å². The quantitative estimate of drug-likeness (QED) is 0.426. The van der Waals surface area contributed by atoms with E-state index in [1.54, 1.807) is 19.3 Å². The molecule has 0 bridgehead atoms. The Bertz CT molecular complexity index is 818. The molecule has 27 heavy (non-hydrogen) atoms. The lowest BCUT2D eigenvalue weighted by Crippen LogP contribution is -1.86. The van der Waals surface area contributed by atoms with Gasteiger partial charge in [-0.2, -0.15) is 0 Å². The third kappa shape index (κ3) is 8.35. The predicted molar refractivity (Wildman–Crippen MR) is 115 cm³/mol. The van der Waals surface area contributed by atoms with Gasteiger partial charge in [-0.05, 0) is 67.0 Å². The van der Waals surface area contributed by atoms with Gasteiger partial charge in [-0.3, -0.25) is 0 Å².